The van der Waals surface area contributed by atoms with E-state index in [2.05, 4.69) is 46.7 Å². The molecule has 2 aromatic rings. The highest BCUT2D eigenvalue weighted by atomic mass is 32.1. The van der Waals surface area contributed by atoms with E-state index in [0.717, 1.165) is 18.8 Å². The van der Waals surface area contributed by atoms with E-state index in [9.17, 15) is 4.39 Å². The molecule has 3 nitrogen and oxygen atoms in total. The normalized spacial score (nSPS) is 15.2. The molecule has 5 heteroatoms. The summed E-state index contributed by atoms with van der Waals surface area (Å²) >= 11 is 5.33. The lowest BCUT2D eigenvalue weighted by atomic mass is 10.1. The van der Waals surface area contributed by atoms with Gasteiger partial charge in [-0.05, 0) is 73.9 Å². The number of nitrogens with zero attached hydrogens (tertiary/aromatic N) is 1. The fourth-order valence-electron chi connectivity index (χ4n) is 2.93. The van der Waals surface area contributed by atoms with Crippen LogP contribution < -0.4 is 15.5 Å². The van der Waals surface area contributed by atoms with Crippen LogP contribution in [0.1, 0.15) is 31.4 Å². The van der Waals surface area contributed by atoms with E-state index in [1.807, 2.05) is 0 Å². The van der Waals surface area contributed by atoms with Gasteiger partial charge in [-0.2, -0.15) is 0 Å². The lowest BCUT2D eigenvalue weighted by Gasteiger charge is -2.20. The minimum Gasteiger partial charge on any atom is -0.372 e. The van der Waals surface area contributed by atoms with Crippen molar-refractivity contribution < 1.29 is 4.39 Å². The van der Waals surface area contributed by atoms with E-state index in [1.54, 1.807) is 12.1 Å². The summed E-state index contributed by atoms with van der Waals surface area (Å²) in [7, 11) is 0. The minimum atomic E-state index is -0.258. The van der Waals surface area contributed by atoms with E-state index in [-0.39, 0.29) is 11.9 Å². The smallest absolute Gasteiger partial charge is 0.171 e. The maximum atomic E-state index is 12.9. The molecule has 0 aliphatic carbocycles. The van der Waals surface area contributed by atoms with Crippen LogP contribution in [0.25, 0.3) is 0 Å². The number of anilines is 2. The van der Waals surface area contributed by atoms with Gasteiger partial charge in [-0.25, -0.2) is 4.39 Å². The molecule has 24 heavy (non-hydrogen) atoms. The van der Waals surface area contributed by atoms with E-state index in [1.165, 1.54) is 36.2 Å². The number of benzene rings is 2. The second-order valence-electron chi connectivity index (χ2n) is 6.11. The molecule has 0 amide bonds. The van der Waals surface area contributed by atoms with E-state index in [4.69, 9.17) is 12.2 Å². The van der Waals surface area contributed by atoms with Crippen molar-refractivity contribution >= 4 is 28.7 Å². The quantitative estimate of drug-likeness (QED) is 0.801. The van der Waals surface area contributed by atoms with Crippen molar-refractivity contribution in [2.75, 3.05) is 23.3 Å². The summed E-state index contributed by atoms with van der Waals surface area (Å²) in [4.78, 5) is 2.42. The van der Waals surface area contributed by atoms with Gasteiger partial charge in [-0.1, -0.05) is 12.1 Å². The zero-order chi connectivity index (χ0) is 16.9. The third-order valence-electron chi connectivity index (χ3n) is 4.31. The molecule has 1 aliphatic rings. The van der Waals surface area contributed by atoms with Gasteiger partial charge in [0.25, 0.3) is 0 Å². The first-order valence-electron chi connectivity index (χ1n) is 8.30. The molecule has 0 radical (unpaired) electrons. The molecular weight excluding hydrogens is 321 g/mol. The predicted octanol–water partition coefficient (Wildman–Crippen LogP) is 4.47. The first-order valence-corrected chi connectivity index (χ1v) is 8.70. The van der Waals surface area contributed by atoms with Crippen molar-refractivity contribution in [3.05, 3.63) is 59.9 Å². The average molecular weight is 343 g/mol. The van der Waals surface area contributed by atoms with Crippen molar-refractivity contribution in [2.24, 2.45) is 0 Å². The van der Waals surface area contributed by atoms with Gasteiger partial charge in [0.2, 0.25) is 0 Å². The number of hydrogen-bond donors (Lipinski definition) is 2. The van der Waals surface area contributed by atoms with Crippen LogP contribution in [0, 0.1) is 5.82 Å². The van der Waals surface area contributed by atoms with Gasteiger partial charge in [-0.3, -0.25) is 0 Å². The third kappa shape index (κ3) is 4.23. The molecule has 1 heterocycles. The Morgan fingerprint density at radius 2 is 1.67 bits per heavy atom. The van der Waals surface area contributed by atoms with Crippen LogP contribution in [-0.2, 0) is 0 Å². The maximum Gasteiger partial charge on any atom is 0.171 e. The van der Waals surface area contributed by atoms with E-state index >= 15 is 0 Å². The fraction of sp³-hybridized carbons (Fsp3) is 0.316. The van der Waals surface area contributed by atoms with Crippen molar-refractivity contribution in [3.63, 3.8) is 0 Å². The van der Waals surface area contributed by atoms with E-state index < -0.39 is 0 Å². The number of thiocarbonyl (C=S) groups is 1. The highest BCUT2D eigenvalue weighted by Gasteiger charge is 2.13. The second kappa shape index (κ2) is 7.62. The van der Waals surface area contributed by atoms with Gasteiger partial charge in [-0.15, -0.1) is 0 Å². The van der Waals surface area contributed by atoms with Crippen molar-refractivity contribution in [2.45, 2.75) is 25.8 Å². The van der Waals surface area contributed by atoms with Crippen LogP contribution in [-0.4, -0.2) is 18.2 Å². The van der Waals surface area contributed by atoms with Crippen LogP contribution in [0.5, 0.6) is 0 Å². The summed E-state index contributed by atoms with van der Waals surface area (Å²) in [5.41, 5.74) is 3.24. The summed E-state index contributed by atoms with van der Waals surface area (Å²) in [6.07, 6.45) is 2.56. The molecule has 0 saturated carbocycles. The molecule has 2 N–H and O–H groups in total. The number of halogens is 1. The zero-order valence-corrected chi connectivity index (χ0v) is 14.6. The van der Waals surface area contributed by atoms with E-state index in [0.29, 0.717) is 5.11 Å². The molecule has 1 saturated heterocycles. The molecule has 0 bridgehead atoms. The first kappa shape index (κ1) is 16.7. The molecule has 1 aliphatic heterocycles. The standard InChI is InChI=1S/C19H22FN3S/c1-14(21-19(24)22-17-8-6-16(20)7-9-17)15-4-10-18(11-5-15)23-12-2-3-13-23/h4-11,14H,2-3,12-13H2,1H3,(H2,21,22,24). The monoisotopic (exact) mass is 343 g/mol. The Hall–Kier alpha value is -2.14. The summed E-state index contributed by atoms with van der Waals surface area (Å²) < 4.78 is 12.9. The zero-order valence-electron chi connectivity index (χ0n) is 13.8. The van der Waals surface area contributed by atoms with Crippen LogP contribution in [0.2, 0.25) is 0 Å². The summed E-state index contributed by atoms with van der Waals surface area (Å²) in [5, 5.41) is 6.86. The topological polar surface area (TPSA) is 27.3 Å². The number of nitrogens with one attached hydrogen (secondary N) is 2. The molecule has 0 aromatic heterocycles. The highest BCUT2D eigenvalue weighted by molar-refractivity contribution is 7.80. The maximum absolute atomic E-state index is 12.9. The second-order valence-corrected chi connectivity index (χ2v) is 6.52. The largest absolute Gasteiger partial charge is 0.372 e. The van der Waals surface area contributed by atoms with Gasteiger partial charge in [0.05, 0.1) is 6.04 Å². The highest BCUT2D eigenvalue weighted by Crippen LogP contribution is 2.22. The Bertz CT molecular complexity index is 679. The number of hydrogen-bond acceptors (Lipinski definition) is 2. The summed E-state index contributed by atoms with van der Waals surface area (Å²) in [6.45, 7) is 4.38. The minimum absolute atomic E-state index is 0.0954. The SMILES string of the molecule is CC(NC(=S)Nc1ccc(F)cc1)c1ccc(N2CCCC2)cc1. The van der Waals surface area contributed by atoms with Crippen LogP contribution >= 0.6 is 12.2 Å². The Balaban J connectivity index is 1.56. The molecule has 2 aromatic carbocycles. The summed E-state index contributed by atoms with van der Waals surface area (Å²) in [5.74, 6) is -0.258. The van der Waals surface area contributed by atoms with Gasteiger partial charge in [0.1, 0.15) is 5.82 Å². The van der Waals surface area contributed by atoms with Gasteiger partial charge in [0, 0.05) is 24.5 Å². The Morgan fingerprint density at radius 3 is 2.29 bits per heavy atom. The lowest BCUT2D eigenvalue weighted by molar-refractivity contribution is 0.628. The molecular formula is C19H22FN3S. The number of rotatable bonds is 4. The third-order valence-corrected chi connectivity index (χ3v) is 4.53. The van der Waals surface area contributed by atoms with Gasteiger partial charge < -0.3 is 15.5 Å². The fourth-order valence-corrected chi connectivity index (χ4v) is 3.22. The van der Waals surface area contributed by atoms with Crippen molar-refractivity contribution in [1.29, 1.82) is 0 Å². The van der Waals surface area contributed by atoms with Gasteiger partial charge in [0.15, 0.2) is 5.11 Å². The molecule has 1 atom stereocenters. The first-order chi connectivity index (χ1) is 11.6. The van der Waals surface area contributed by atoms with Crippen molar-refractivity contribution in [1.82, 2.24) is 5.32 Å². The van der Waals surface area contributed by atoms with Crippen molar-refractivity contribution in [3.8, 4) is 0 Å². The lowest BCUT2D eigenvalue weighted by Crippen LogP contribution is -2.30. The Kier molecular flexibility index (Phi) is 5.30. The van der Waals surface area contributed by atoms with Crippen LogP contribution in [0.3, 0.4) is 0 Å². The van der Waals surface area contributed by atoms with Crippen LogP contribution in [0.15, 0.2) is 48.5 Å². The molecule has 1 fully saturated rings. The van der Waals surface area contributed by atoms with Crippen LogP contribution in [0.4, 0.5) is 15.8 Å². The molecule has 1 unspecified atom stereocenters. The molecule has 126 valence electrons. The summed E-state index contributed by atoms with van der Waals surface area (Å²) in [6, 6.07) is 14.9. The Morgan fingerprint density at radius 1 is 1.04 bits per heavy atom. The molecule has 3 rings (SSSR count). The Labute approximate surface area is 147 Å². The average Bonchev–Trinajstić information content (AvgIpc) is 3.11. The van der Waals surface area contributed by atoms with Gasteiger partial charge >= 0.3 is 0 Å². The molecule has 0 spiro atoms. The predicted molar refractivity (Wildman–Crippen MR) is 102 cm³/mol.